The molecule has 1 aromatic heterocycles. The van der Waals surface area contributed by atoms with Crippen LogP contribution in [0.15, 0.2) is 5.38 Å². The van der Waals surface area contributed by atoms with E-state index >= 15 is 0 Å². The molecule has 0 aliphatic heterocycles. The van der Waals surface area contributed by atoms with Gasteiger partial charge < -0.3 is 5.32 Å². The van der Waals surface area contributed by atoms with Gasteiger partial charge >= 0.3 is 0 Å². The van der Waals surface area contributed by atoms with Gasteiger partial charge in [0.2, 0.25) is 0 Å². The van der Waals surface area contributed by atoms with E-state index in [1.807, 2.05) is 6.92 Å². The van der Waals surface area contributed by atoms with E-state index in [0.29, 0.717) is 17.8 Å². The van der Waals surface area contributed by atoms with Crippen molar-refractivity contribution in [1.29, 1.82) is 0 Å². The zero-order valence-electron chi connectivity index (χ0n) is 9.59. The van der Waals surface area contributed by atoms with Crippen LogP contribution in [0.25, 0.3) is 0 Å². The van der Waals surface area contributed by atoms with Crippen LogP contribution in [0.3, 0.4) is 0 Å². The number of hydrogen-bond donors (Lipinski definition) is 1. The van der Waals surface area contributed by atoms with E-state index in [2.05, 4.69) is 29.5 Å². The molecule has 0 aliphatic rings. The highest BCUT2D eigenvalue weighted by molar-refractivity contribution is 7.09. The highest BCUT2D eigenvalue weighted by Crippen LogP contribution is 2.11. The van der Waals surface area contributed by atoms with Crippen LogP contribution < -0.4 is 5.32 Å². The van der Waals surface area contributed by atoms with Gasteiger partial charge in [-0.3, -0.25) is 0 Å². The summed E-state index contributed by atoms with van der Waals surface area (Å²) in [6.07, 6.45) is 1.02. The van der Waals surface area contributed by atoms with Crippen molar-refractivity contribution in [3.8, 4) is 0 Å². The first-order valence-corrected chi connectivity index (χ1v) is 6.75. The normalized spacial score (nSPS) is 13.4. The number of aryl methyl sites for hydroxylation is 1. The van der Waals surface area contributed by atoms with Gasteiger partial charge in [0, 0.05) is 23.8 Å². The van der Waals surface area contributed by atoms with Crippen LogP contribution in [0.4, 0.5) is 0 Å². The minimum atomic E-state index is 0.490. The Morgan fingerprint density at radius 1 is 1.53 bits per heavy atom. The van der Waals surface area contributed by atoms with Crippen molar-refractivity contribution in [1.82, 2.24) is 10.3 Å². The molecule has 0 aromatic carbocycles. The number of nitrogens with one attached hydrogen (secondary N) is 1. The van der Waals surface area contributed by atoms with E-state index in [1.54, 1.807) is 11.3 Å². The molecule has 0 bridgehead atoms. The molecule has 0 amide bonds. The molecule has 1 unspecified atom stereocenters. The van der Waals surface area contributed by atoms with Gasteiger partial charge in [0.1, 0.15) is 0 Å². The summed E-state index contributed by atoms with van der Waals surface area (Å²) in [6.45, 7) is 7.32. The molecule has 86 valence electrons. The third-order valence-electron chi connectivity index (χ3n) is 2.44. The first-order chi connectivity index (χ1) is 7.13. The van der Waals surface area contributed by atoms with Gasteiger partial charge in [0.15, 0.2) is 0 Å². The number of thiazole rings is 1. The van der Waals surface area contributed by atoms with Crippen LogP contribution in [0, 0.1) is 12.8 Å². The molecule has 2 nitrogen and oxygen atoms in total. The lowest BCUT2D eigenvalue weighted by Crippen LogP contribution is -2.33. The average molecular weight is 247 g/mol. The van der Waals surface area contributed by atoms with Crippen LogP contribution in [0.5, 0.6) is 0 Å². The number of rotatable bonds is 6. The van der Waals surface area contributed by atoms with Crippen molar-refractivity contribution in [2.24, 2.45) is 5.92 Å². The Morgan fingerprint density at radius 2 is 2.27 bits per heavy atom. The molecule has 0 fully saturated rings. The second-order valence-corrected chi connectivity index (χ2v) is 5.51. The molecule has 0 saturated heterocycles. The van der Waals surface area contributed by atoms with Crippen molar-refractivity contribution in [2.75, 3.05) is 5.88 Å². The van der Waals surface area contributed by atoms with Crippen LogP contribution >= 0.6 is 22.9 Å². The Balaban J connectivity index is 2.39. The maximum absolute atomic E-state index is 5.77. The second-order valence-electron chi connectivity index (χ2n) is 4.07. The first-order valence-electron chi connectivity index (χ1n) is 5.34. The maximum Gasteiger partial charge on any atom is 0.0897 e. The largest absolute Gasteiger partial charge is 0.308 e. The third-order valence-corrected chi connectivity index (χ3v) is 3.48. The van der Waals surface area contributed by atoms with Crippen LogP contribution in [-0.4, -0.2) is 16.9 Å². The molecule has 0 radical (unpaired) electrons. The highest BCUT2D eigenvalue weighted by atomic mass is 35.5. The summed E-state index contributed by atoms with van der Waals surface area (Å²) in [7, 11) is 0. The number of nitrogens with zero attached hydrogens (tertiary/aromatic N) is 1. The SMILES string of the molecule is Cc1nc(CNC(CCCl)C(C)C)cs1. The Kier molecular flexibility index (Phi) is 5.58. The van der Waals surface area contributed by atoms with Crippen LogP contribution in [0.2, 0.25) is 0 Å². The molecular formula is C11H19ClN2S. The van der Waals surface area contributed by atoms with Crippen LogP contribution in [0.1, 0.15) is 31.0 Å². The van der Waals surface area contributed by atoms with Gasteiger partial charge in [-0.1, -0.05) is 13.8 Å². The minimum absolute atomic E-state index is 0.490. The Bertz CT molecular complexity index is 286. The fraction of sp³-hybridized carbons (Fsp3) is 0.727. The summed E-state index contributed by atoms with van der Waals surface area (Å²) in [5.74, 6) is 1.33. The van der Waals surface area contributed by atoms with Gasteiger partial charge in [-0.2, -0.15) is 0 Å². The zero-order chi connectivity index (χ0) is 11.3. The van der Waals surface area contributed by atoms with Gasteiger partial charge in [-0.25, -0.2) is 4.98 Å². The lowest BCUT2D eigenvalue weighted by atomic mass is 10.0. The standard InChI is InChI=1S/C11H19ClN2S/c1-8(2)11(4-5-12)13-6-10-7-15-9(3)14-10/h7-8,11,13H,4-6H2,1-3H3. The second kappa shape index (κ2) is 6.46. The maximum atomic E-state index is 5.77. The molecular weight excluding hydrogens is 228 g/mol. The summed E-state index contributed by atoms with van der Waals surface area (Å²) in [6, 6.07) is 0.490. The summed E-state index contributed by atoms with van der Waals surface area (Å²) in [4.78, 5) is 4.43. The first kappa shape index (κ1) is 12.9. The van der Waals surface area contributed by atoms with Crippen molar-refractivity contribution < 1.29 is 0 Å². The molecule has 4 heteroatoms. The third kappa shape index (κ3) is 4.49. The monoisotopic (exact) mass is 246 g/mol. The Labute approximate surface area is 101 Å². The van der Waals surface area contributed by atoms with Gasteiger partial charge in [-0.05, 0) is 19.3 Å². The number of halogens is 1. The van der Waals surface area contributed by atoms with Gasteiger partial charge in [0.05, 0.1) is 10.7 Å². The molecule has 1 heterocycles. The molecule has 0 aliphatic carbocycles. The lowest BCUT2D eigenvalue weighted by Gasteiger charge is -2.20. The minimum Gasteiger partial charge on any atom is -0.308 e. The van der Waals surface area contributed by atoms with E-state index in [0.717, 1.165) is 23.7 Å². The summed E-state index contributed by atoms with van der Waals surface area (Å²) in [5, 5.41) is 6.75. The molecule has 1 N–H and O–H groups in total. The summed E-state index contributed by atoms with van der Waals surface area (Å²) >= 11 is 7.47. The molecule has 1 rings (SSSR count). The van der Waals surface area contributed by atoms with Gasteiger partial charge in [-0.15, -0.1) is 22.9 Å². The summed E-state index contributed by atoms with van der Waals surface area (Å²) in [5.41, 5.74) is 1.14. The number of aromatic nitrogens is 1. The quantitative estimate of drug-likeness (QED) is 0.780. The van der Waals surface area contributed by atoms with Gasteiger partial charge in [0.25, 0.3) is 0 Å². The van der Waals surface area contributed by atoms with E-state index in [9.17, 15) is 0 Å². The zero-order valence-corrected chi connectivity index (χ0v) is 11.2. The topological polar surface area (TPSA) is 24.9 Å². The predicted octanol–water partition coefficient (Wildman–Crippen LogP) is 3.19. The van der Waals surface area contributed by atoms with Crippen LogP contribution in [-0.2, 0) is 6.54 Å². The molecule has 1 aromatic rings. The Morgan fingerprint density at radius 3 is 2.73 bits per heavy atom. The van der Waals surface area contributed by atoms with Crippen molar-refractivity contribution in [3.05, 3.63) is 16.1 Å². The molecule has 1 atom stereocenters. The van der Waals surface area contributed by atoms with Crippen molar-refractivity contribution >= 4 is 22.9 Å². The van der Waals surface area contributed by atoms with E-state index in [4.69, 9.17) is 11.6 Å². The fourth-order valence-electron chi connectivity index (χ4n) is 1.51. The lowest BCUT2D eigenvalue weighted by molar-refractivity contribution is 0.387. The highest BCUT2D eigenvalue weighted by Gasteiger charge is 2.12. The average Bonchev–Trinajstić information content (AvgIpc) is 2.58. The molecule has 0 saturated carbocycles. The van der Waals surface area contributed by atoms with E-state index in [-0.39, 0.29) is 0 Å². The fourth-order valence-corrected chi connectivity index (χ4v) is 2.36. The van der Waals surface area contributed by atoms with Crippen molar-refractivity contribution in [3.63, 3.8) is 0 Å². The molecule has 0 spiro atoms. The van der Waals surface area contributed by atoms with Crippen molar-refractivity contribution in [2.45, 2.75) is 39.8 Å². The van der Waals surface area contributed by atoms with E-state index < -0.39 is 0 Å². The predicted molar refractivity (Wildman–Crippen MR) is 67.7 cm³/mol. The number of alkyl halides is 1. The molecule has 15 heavy (non-hydrogen) atoms. The Hall–Kier alpha value is -0.120. The smallest absolute Gasteiger partial charge is 0.0897 e. The number of hydrogen-bond acceptors (Lipinski definition) is 3. The van der Waals surface area contributed by atoms with E-state index in [1.165, 1.54) is 0 Å². The summed E-state index contributed by atoms with van der Waals surface area (Å²) < 4.78 is 0.